The van der Waals surface area contributed by atoms with Crippen LogP contribution in [0.15, 0.2) is 42.7 Å². The number of rotatable bonds is 5. The lowest BCUT2D eigenvalue weighted by atomic mass is 9.88. The number of carbonyl (C=O) groups is 2. The van der Waals surface area contributed by atoms with Crippen LogP contribution in [0.1, 0.15) is 42.5 Å². The van der Waals surface area contributed by atoms with E-state index in [1.54, 1.807) is 12.1 Å². The first-order chi connectivity index (χ1) is 15.0. The number of hydrogen-bond donors (Lipinski definition) is 2. The lowest BCUT2D eigenvalue weighted by Crippen LogP contribution is -2.25. The molecular weight excluding hydrogens is 423 g/mol. The Labute approximate surface area is 182 Å². The summed E-state index contributed by atoms with van der Waals surface area (Å²) in [4.78, 5) is 25.4. The van der Waals surface area contributed by atoms with Crippen LogP contribution in [-0.4, -0.2) is 32.0 Å². The summed E-state index contributed by atoms with van der Waals surface area (Å²) < 4.78 is 15.6. The minimum atomic E-state index is -0.570. The van der Waals surface area contributed by atoms with Gasteiger partial charge in [-0.15, -0.1) is 5.10 Å². The van der Waals surface area contributed by atoms with Gasteiger partial charge in [-0.3, -0.25) is 9.59 Å². The van der Waals surface area contributed by atoms with Gasteiger partial charge in [0, 0.05) is 16.6 Å². The van der Waals surface area contributed by atoms with Crippen molar-refractivity contribution in [2.45, 2.75) is 32.1 Å². The summed E-state index contributed by atoms with van der Waals surface area (Å²) in [6, 6.07) is 8.75. The van der Waals surface area contributed by atoms with E-state index in [0.29, 0.717) is 16.4 Å². The summed E-state index contributed by atoms with van der Waals surface area (Å²) in [6.45, 7) is 0. The molecule has 0 saturated heterocycles. The minimum absolute atomic E-state index is 0.0279. The fraction of sp³-hybridized carbons (Fsp3) is 0.286. The molecule has 2 aromatic carbocycles. The predicted octanol–water partition coefficient (Wildman–Crippen LogP) is 4.23. The van der Waals surface area contributed by atoms with Gasteiger partial charge in [0.05, 0.1) is 16.9 Å². The number of tetrazole rings is 1. The molecule has 2 N–H and O–H groups in total. The van der Waals surface area contributed by atoms with Crippen molar-refractivity contribution in [3.63, 3.8) is 0 Å². The van der Waals surface area contributed by atoms with Gasteiger partial charge in [0.1, 0.15) is 12.1 Å². The third-order valence-electron chi connectivity index (χ3n) is 5.26. The van der Waals surface area contributed by atoms with Crippen molar-refractivity contribution in [3.8, 4) is 5.69 Å². The predicted molar refractivity (Wildman–Crippen MR) is 114 cm³/mol. The maximum absolute atomic E-state index is 14.3. The summed E-state index contributed by atoms with van der Waals surface area (Å²) in [6.07, 6.45) is 6.09. The summed E-state index contributed by atoms with van der Waals surface area (Å²) in [5.74, 6) is -1.36. The van der Waals surface area contributed by atoms with Gasteiger partial charge in [0.2, 0.25) is 5.91 Å². The van der Waals surface area contributed by atoms with E-state index in [4.69, 9.17) is 11.6 Å². The van der Waals surface area contributed by atoms with Gasteiger partial charge in [-0.2, -0.15) is 4.68 Å². The lowest BCUT2D eigenvalue weighted by molar-refractivity contribution is -0.120. The van der Waals surface area contributed by atoms with Crippen LogP contribution in [0.3, 0.4) is 0 Å². The highest BCUT2D eigenvalue weighted by Gasteiger charge is 2.22. The molecule has 1 aliphatic carbocycles. The Bertz CT molecular complexity index is 1100. The molecule has 4 rings (SSSR count). The van der Waals surface area contributed by atoms with Gasteiger partial charge in [-0.05, 0) is 59.7 Å². The zero-order chi connectivity index (χ0) is 21.8. The Balaban J connectivity index is 1.54. The summed E-state index contributed by atoms with van der Waals surface area (Å²) in [7, 11) is 0. The second kappa shape index (κ2) is 9.22. The fourth-order valence-electron chi connectivity index (χ4n) is 3.66. The van der Waals surface area contributed by atoms with Gasteiger partial charge in [0.15, 0.2) is 0 Å². The largest absolute Gasteiger partial charge is 0.323 e. The molecule has 10 heteroatoms. The molecule has 0 spiro atoms. The standard InChI is InChI=1S/C21H20ClFN6O2/c22-14-6-9-19(29-12-24-27-28-29)16(10-14)21(31)25-15-7-8-17(23)18(11-15)26-20(30)13-4-2-1-3-5-13/h6-13H,1-5H2,(H,25,31)(H,26,30). The van der Waals surface area contributed by atoms with Crippen molar-refractivity contribution in [3.05, 3.63) is 59.1 Å². The number of hydrogen-bond acceptors (Lipinski definition) is 5. The van der Waals surface area contributed by atoms with E-state index in [1.807, 2.05) is 0 Å². The molecule has 1 saturated carbocycles. The van der Waals surface area contributed by atoms with Crippen molar-refractivity contribution < 1.29 is 14.0 Å². The van der Waals surface area contributed by atoms with E-state index >= 15 is 0 Å². The normalized spacial score (nSPS) is 14.3. The summed E-state index contributed by atoms with van der Waals surface area (Å²) in [5.41, 5.74) is 1.02. The van der Waals surface area contributed by atoms with Crippen LogP contribution in [-0.2, 0) is 4.79 Å². The minimum Gasteiger partial charge on any atom is -0.323 e. The van der Waals surface area contributed by atoms with E-state index in [1.165, 1.54) is 35.3 Å². The van der Waals surface area contributed by atoms with Crippen LogP contribution < -0.4 is 10.6 Å². The number of nitrogens with zero attached hydrogens (tertiary/aromatic N) is 4. The number of halogens is 2. The average molecular weight is 443 g/mol. The monoisotopic (exact) mass is 442 g/mol. The Kier molecular flexibility index (Phi) is 6.22. The first-order valence-corrected chi connectivity index (χ1v) is 10.3. The smallest absolute Gasteiger partial charge is 0.257 e. The first kappa shape index (κ1) is 20.9. The van der Waals surface area contributed by atoms with Gasteiger partial charge in [-0.25, -0.2) is 4.39 Å². The molecule has 0 aliphatic heterocycles. The number of amides is 2. The lowest BCUT2D eigenvalue weighted by Gasteiger charge is -2.21. The highest BCUT2D eigenvalue weighted by Crippen LogP contribution is 2.27. The first-order valence-electron chi connectivity index (χ1n) is 9.96. The molecule has 31 heavy (non-hydrogen) atoms. The molecule has 1 heterocycles. The number of aromatic nitrogens is 4. The van der Waals surface area contributed by atoms with Crippen molar-refractivity contribution >= 4 is 34.8 Å². The SMILES string of the molecule is O=C(Nc1ccc(F)c(NC(=O)C2CCCCC2)c1)c1cc(Cl)ccc1-n1cnnn1. The Hall–Kier alpha value is -3.33. The van der Waals surface area contributed by atoms with Gasteiger partial charge >= 0.3 is 0 Å². The second-order valence-corrected chi connectivity index (χ2v) is 7.83. The topological polar surface area (TPSA) is 102 Å². The van der Waals surface area contributed by atoms with Gasteiger partial charge in [-0.1, -0.05) is 30.9 Å². The number of anilines is 2. The summed E-state index contributed by atoms with van der Waals surface area (Å²) >= 11 is 6.06. The fourth-order valence-corrected chi connectivity index (χ4v) is 3.83. The van der Waals surface area contributed by atoms with Crippen LogP contribution in [0, 0.1) is 11.7 Å². The van der Waals surface area contributed by atoms with Crippen LogP contribution in [0.4, 0.5) is 15.8 Å². The molecule has 1 aromatic heterocycles. The van der Waals surface area contributed by atoms with Crippen molar-refractivity contribution in [1.29, 1.82) is 0 Å². The quantitative estimate of drug-likeness (QED) is 0.615. The molecule has 0 atom stereocenters. The highest BCUT2D eigenvalue weighted by molar-refractivity contribution is 6.31. The van der Waals surface area contributed by atoms with Crippen LogP contribution in [0.2, 0.25) is 5.02 Å². The molecule has 0 radical (unpaired) electrons. The number of nitrogens with one attached hydrogen (secondary N) is 2. The number of benzene rings is 2. The molecule has 1 aliphatic rings. The molecule has 160 valence electrons. The van der Waals surface area contributed by atoms with Crippen LogP contribution in [0.5, 0.6) is 0 Å². The van der Waals surface area contributed by atoms with E-state index in [2.05, 4.69) is 26.2 Å². The Morgan fingerprint density at radius 1 is 1.06 bits per heavy atom. The van der Waals surface area contributed by atoms with Crippen LogP contribution >= 0.6 is 11.6 Å². The molecule has 0 bridgehead atoms. The molecule has 8 nitrogen and oxygen atoms in total. The van der Waals surface area contributed by atoms with E-state index in [0.717, 1.165) is 32.1 Å². The molecule has 1 fully saturated rings. The second-order valence-electron chi connectivity index (χ2n) is 7.39. The zero-order valence-corrected chi connectivity index (χ0v) is 17.3. The van der Waals surface area contributed by atoms with Gasteiger partial charge < -0.3 is 10.6 Å². The highest BCUT2D eigenvalue weighted by atomic mass is 35.5. The zero-order valence-electron chi connectivity index (χ0n) is 16.5. The Morgan fingerprint density at radius 2 is 1.87 bits per heavy atom. The Morgan fingerprint density at radius 3 is 2.61 bits per heavy atom. The molecule has 3 aromatic rings. The van der Waals surface area contributed by atoms with Gasteiger partial charge in [0.25, 0.3) is 5.91 Å². The summed E-state index contributed by atoms with van der Waals surface area (Å²) in [5, 5.41) is 16.7. The molecular formula is C21H20ClFN6O2. The number of carbonyl (C=O) groups excluding carboxylic acids is 2. The van der Waals surface area contributed by atoms with Crippen molar-refractivity contribution in [2.75, 3.05) is 10.6 Å². The van der Waals surface area contributed by atoms with Crippen LogP contribution in [0.25, 0.3) is 5.69 Å². The van der Waals surface area contributed by atoms with E-state index < -0.39 is 11.7 Å². The van der Waals surface area contributed by atoms with Crippen molar-refractivity contribution in [1.82, 2.24) is 20.2 Å². The third-order valence-corrected chi connectivity index (χ3v) is 5.49. The third kappa shape index (κ3) is 4.88. The molecule has 2 amide bonds. The molecule has 0 unspecified atom stereocenters. The maximum Gasteiger partial charge on any atom is 0.257 e. The van der Waals surface area contributed by atoms with E-state index in [-0.39, 0.29) is 23.1 Å². The average Bonchev–Trinajstić information content (AvgIpc) is 3.31. The maximum atomic E-state index is 14.3. The van der Waals surface area contributed by atoms with Crippen molar-refractivity contribution in [2.24, 2.45) is 5.92 Å². The van der Waals surface area contributed by atoms with E-state index in [9.17, 15) is 14.0 Å².